The number of nitrogens with one attached hydrogen (secondary N) is 1. The quantitative estimate of drug-likeness (QED) is 0.799. The van der Waals surface area contributed by atoms with Gasteiger partial charge in [-0.2, -0.15) is 0 Å². The topological polar surface area (TPSA) is 38.0 Å². The van der Waals surface area contributed by atoms with Gasteiger partial charge >= 0.3 is 0 Å². The molecule has 0 atom stereocenters. The van der Waals surface area contributed by atoms with Crippen LogP contribution in [-0.4, -0.2) is 0 Å². The van der Waals surface area contributed by atoms with E-state index >= 15 is 0 Å². The molecule has 3 N–H and O–H groups in total. The minimum Gasteiger partial charge on any atom is -0.398 e. The Balaban J connectivity index is 1.99. The van der Waals surface area contributed by atoms with Gasteiger partial charge in [-0.1, -0.05) is 37.3 Å². The van der Waals surface area contributed by atoms with E-state index in [-0.39, 0.29) is 0 Å². The van der Waals surface area contributed by atoms with E-state index in [1.807, 2.05) is 19.1 Å². The third kappa shape index (κ3) is 3.04. The van der Waals surface area contributed by atoms with Crippen molar-refractivity contribution >= 4 is 11.4 Å². The molecule has 0 aliphatic rings. The van der Waals surface area contributed by atoms with Crippen molar-refractivity contribution in [1.29, 1.82) is 0 Å². The Morgan fingerprint density at radius 3 is 2.28 bits per heavy atom. The number of rotatable bonds is 4. The molecule has 0 saturated carbocycles. The summed E-state index contributed by atoms with van der Waals surface area (Å²) in [5.74, 6) is 0. The molecule has 0 bridgehead atoms. The van der Waals surface area contributed by atoms with Crippen LogP contribution in [0.1, 0.15) is 23.6 Å². The number of benzene rings is 2. The van der Waals surface area contributed by atoms with Gasteiger partial charge < -0.3 is 11.1 Å². The van der Waals surface area contributed by atoms with Crippen LogP contribution in [0, 0.1) is 6.92 Å². The van der Waals surface area contributed by atoms with Gasteiger partial charge in [0.25, 0.3) is 0 Å². The van der Waals surface area contributed by atoms with Crippen LogP contribution in [0.4, 0.5) is 11.4 Å². The Labute approximate surface area is 109 Å². The predicted octanol–water partition coefficient (Wildman–Crippen LogP) is 3.75. The van der Waals surface area contributed by atoms with Gasteiger partial charge in [0.2, 0.25) is 0 Å². The van der Waals surface area contributed by atoms with Gasteiger partial charge in [0.05, 0.1) is 0 Å². The lowest BCUT2D eigenvalue weighted by atomic mass is 10.1. The maximum Gasteiger partial charge on any atom is 0.0400 e. The van der Waals surface area contributed by atoms with Crippen LogP contribution in [0.2, 0.25) is 0 Å². The van der Waals surface area contributed by atoms with E-state index in [1.165, 1.54) is 11.1 Å². The summed E-state index contributed by atoms with van der Waals surface area (Å²) >= 11 is 0. The molecule has 0 heterocycles. The summed E-state index contributed by atoms with van der Waals surface area (Å²) in [6.45, 7) is 5.01. The van der Waals surface area contributed by atoms with Gasteiger partial charge in [-0.15, -0.1) is 0 Å². The highest BCUT2D eigenvalue weighted by molar-refractivity contribution is 5.58. The zero-order valence-electron chi connectivity index (χ0n) is 11.0. The number of nitrogens with two attached hydrogens (primary N) is 1. The fourth-order valence-corrected chi connectivity index (χ4v) is 1.85. The van der Waals surface area contributed by atoms with E-state index in [0.717, 1.165) is 29.9 Å². The highest BCUT2D eigenvalue weighted by atomic mass is 14.9. The zero-order chi connectivity index (χ0) is 13.0. The number of nitrogen functional groups attached to an aromatic ring is 1. The van der Waals surface area contributed by atoms with Gasteiger partial charge in [0.1, 0.15) is 0 Å². The van der Waals surface area contributed by atoms with Crippen molar-refractivity contribution in [1.82, 2.24) is 0 Å². The monoisotopic (exact) mass is 240 g/mol. The molecule has 2 aromatic carbocycles. The fourth-order valence-electron chi connectivity index (χ4n) is 1.85. The zero-order valence-corrected chi connectivity index (χ0v) is 11.0. The molecule has 0 fully saturated rings. The smallest absolute Gasteiger partial charge is 0.0400 e. The number of hydrogen-bond acceptors (Lipinski definition) is 2. The number of anilines is 2. The average molecular weight is 240 g/mol. The second kappa shape index (κ2) is 5.58. The van der Waals surface area contributed by atoms with Gasteiger partial charge in [-0.05, 0) is 42.2 Å². The Morgan fingerprint density at radius 1 is 1.00 bits per heavy atom. The maximum absolute atomic E-state index is 5.89. The molecule has 0 unspecified atom stereocenters. The maximum atomic E-state index is 5.89. The predicted molar refractivity (Wildman–Crippen MR) is 78.7 cm³/mol. The number of aryl methyl sites for hydroxylation is 2. The third-order valence-electron chi connectivity index (χ3n) is 3.21. The van der Waals surface area contributed by atoms with Crippen molar-refractivity contribution in [3.05, 3.63) is 59.2 Å². The molecule has 0 saturated heterocycles. The summed E-state index contributed by atoms with van der Waals surface area (Å²) < 4.78 is 0. The summed E-state index contributed by atoms with van der Waals surface area (Å²) in [5.41, 5.74) is 11.6. The van der Waals surface area contributed by atoms with Crippen LogP contribution in [0.15, 0.2) is 42.5 Å². The Bertz CT molecular complexity index is 515. The molecule has 0 aliphatic carbocycles. The van der Waals surface area contributed by atoms with Gasteiger partial charge in [0.15, 0.2) is 0 Å². The lowest BCUT2D eigenvalue weighted by Gasteiger charge is -2.09. The van der Waals surface area contributed by atoms with E-state index in [1.54, 1.807) is 0 Å². The summed E-state index contributed by atoms with van der Waals surface area (Å²) in [7, 11) is 0. The largest absolute Gasteiger partial charge is 0.398 e. The van der Waals surface area contributed by atoms with Gasteiger partial charge in [0, 0.05) is 17.9 Å². The minimum atomic E-state index is 0.826. The first kappa shape index (κ1) is 12.5. The van der Waals surface area contributed by atoms with Crippen molar-refractivity contribution < 1.29 is 0 Å². The van der Waals surface area contributed by atoms with Crippen LogP contribution in [0.25, 0.3) is 0 Å². The van der Waals surface area contributed by atoms with Crippen LogP contribution in [0.5, 0.6) is 0 Å². The minimum absolute atomic E-state index is 0.826. The molecule has 0 radical (unpaired) electrons. The lowest BCUT2D eigenvalue weighted by Crippen LogP contribution is -2.00. The van der Waals surface area contributed by atoms with E-state index < -0.39 is 0 Å². The number of hydrogen-bond donors (Lipinski definition) is 2. The van der Waals surface area contributed by atoms with E-state index in [2.05, 4.69) is 42.6 Å². The van der Waals surface area contributed by atoms with Crippen molar-refractivity contribution in [2.45, 2.75) is 26.8 Å². The molecule has 0 aromatic heterocycles. The Morgan fingerprint density at radius 2 is 1.67 bits per heavy atom. The SMILES string of the molecule is CCc1ccc(CNc2ccc(C)c(N)c2)cc1. The summed E-state index contributed by atoms with van der Waals surface area (Å²) in [5, 5.41) is 3.39. The molecular formula is C16H20N2. The van der Waals surface area contributed by atoms with E-state index in [9.17, 15) is 0 Å². The Hall–Kier alpha value is -1.96. The second-order valence-corrected chi connectivity index (χ2v) is 4.59. The molecule has 2 aromatic rings. The Kier molecular flexibility index (Phi) is 3.88. The second-order valence-electron chi connectivity index (χ2n) is 4.59. The summed E-state index contributed by atoms with van der Waals surface area (Å²) in [6, 6.07) is 14.8. The molecule has 0 aliphatic heterocycles. The molecule has 2 rings (SSSR count). The van der Waals surface area contributed by atoms with Crippen LogP contribution >= 0.6 is 0 Å². The first-order valence-electron chi connectivity index (χ1n) is 6.37. The standard InChI is InChI=1S/C16H20N2/c1-3-13-5-7-14(8-6-13)11-18-15-9-4-12(2)16(17)10-15/h4-10,18H,3,11,17H2,1-2H3. The molecule has 2 nitrogen and oxygen atoms in total. The van der Waals surface area contributed by atoms with Crippen molar-refractivity contribution in [3.8, 4) is 0 Å². The molecule has 0 spiro atoms. The van der Waals surface area contributed by atoms with E-state index in [0.29, 0.717) is 0 Å². The molecule has 18 heavy (non-hydrogen) atoms. The third-order valence-corrected chi connectivity index (χ3v) is 3.21. The first-order valence-corrected chi connectivity index (χ1v) is 6.37. The molecule has 94 valence electrons. The van der Waals surface area contributed by atoms with Gasteiger partial charge in [-0.25, -0.2) is 0 Å². The molecule has 2 heteroatoms. The summed E-state index contributed by atoms with van der Waals surface area (Å²) in [4.78, 5) is 0. The summed E-state index contributed by atoms with van der Waals surface area (Å²) in [6.07, 6.45) is 1.09. The van der Waals surface area contributed by atoms with Gasteiger partial charge in [-0.3, -0.25) is 0 Å². The van der Waals surface area contributed by atoms with Crippen molar-refractivity contribution in [3.63, 3.8) is 0 Å². The molecule has 0 amide bonds. The molecular weight excluding hydrogens is 220 g/mol. The highest BCUT2D eigenvalue weighted by Gasteiger charge is 1.97. The van der Waals surface area contributed by atoms with Crippen LogP contribution in [0.3, 0.4) is 0 Å². The first-order chi connectivity index (χ1) is 8.69. The van der Waals surface area contributed by atoms with Crippen LogP contribution < -0.4 is 11.1 Å². The average Bonchev–Trinajstić information content (AvgIpc) is 2.41. The highest BCUT2D eigenvalue weighted by Crippen LogP contribution is 2.17. The van der Waals surface area contributed by atoms with Crippen molar-refractivity contribution in [2.24, 2.45) is 0 Å². The van der Waals surface area contributed by atoms with Crippen LogP contribution in [-0.2, 0) is 13.0 Å². The van der Waals surface area contributed by atoms with Crippen molar-refractivity contribution in [2.75, 3.05) is 11.1 Å². The lowest BCUT2D eigenvalue weighted by molar-refractivity contribution is 1.11. The normalized spacial score (nSPS) is 10.3. The fraction of sp³-hybridized carbons (Fsp3) is 0.250. The van der Waals surface area contributed by atoms with E-state index in [4.69, 9.17) is 5.73 Å².